The zero-order valence-electron chi connectivity index (χ0n) is 18.9. The van der Waals surface area contributed by atoms with Crippen molar-refractivity contribution in [3.63, 3.8) is 0 Å². The summed E-state index contributed by atoms with van der Waals surface area (Å²) in [6.07, 6.45) is 2.52. The molecule has 0 saturated carbocycles. The van der Waals surface area contributed by atoms with E-state index in [1.165, 1.54) is 5.56 Å². The molecule has 0 saturated heterocycles. The third-order valence-corrected chi connectivity index (χ3v) is 19.9. The van der Waals surface area contributed by atoms with Crippen molar-refractivity contribution in [3.8, 4) is 10.7 Å². The molecule has 2 heteroatoms. The Balaban J connectivity index is 2.64. The topological polar surface area (TPSA) is 0 Å². The third-order valence-electron chi connectivity index (χ3n) is 5.18. The molecule has 0 radical (unpaired) electrons. The summed E-state index contributed by atoms with van der Waals surface area (Å²) in [5.41, 5.74) is 2.45. The van der Waals surface area contributed by atoms with Crippen LogP contribution in [0.5, 0.6) is 0 Å². The van der Waals surface area contributed by atoms with E-state index in [9.17, 15) is 0 Å². The maximum atomic E-state index is 3.82. The van der Waals surface area contributed by atoms with Gasteiger partial charge in [0.15, 0.2) is 0 Å². The minimum absolute atomic E-state index is 0.315. The molecule has 0 aromatic heterocycles. The summed E-state index contributed by atoms with van der Waals surface area (Å²) in [5, 5.41) is 0. The van der Waals surface area contributed by atoms with Gasteiger partial charge in [-0.1, -0.05) is 0 Å². The molecule has 146 valence electrons. The van der Waals surface area contributed by atoms with E-state index in [-0.39, 0.29) is 0 Å². The second-order valence-corrected chi connectivity index (χ2v) is 25.1. The molecule has 0 bridgehead atoms. The van der Waals surface area contributed by atoms with Gasteiger partial charge in [0.05, 0.1) is 0 Å². The molecule has 0 aliphatic heterocycles. The van der Waals surface area contributed by atoms with Crippen molar-refractivity contribution in [2.24, 2.45) is 0 Å². The Kier molecular flexibility index (Phi) is 7.50. The second-order valence-electron chi connectivity index (χ2n) is 10.4. The molecule has 0 atom stereocenters. The Morgan fingerprint density at radius 3 is 1.71 bits per heavy atom. The Bertz CT molecular complexity index is 840. The Hall–Kier alpha value is -1.18. The van der Waals surface area contributed by atoms with Crippen LogP contribution < -0.4 is 0 Å². The van der Waals surface area contributed by atoms with Crippen molar-refractivity contribution >= 4 is 33.5 Å². The molecule has 0 spiro atoms. The van der Waals surface area contributed by atoms with Crippen molar-refractivity contribution in [1.82, 2.24) is 0 Å². The van der Waals surface area contributed by atoms with Crippen LogP contribution in [0.2, 0.25) is 20.1 Å². The molecule has 0 heterocycles. The van der Waals surface area contributed by atoms with Gasteiger partial charge in [-0.15, -0.1) is 0 Å². The van der Waals surface area contributed by atoms with Crippen LogP contribution in [0.4, 0.5) is 0 Å². The van der Waals surface area contributed by atoms with Crippen LogP contribution in [0.25, 0.3) is 6.08 Å². The van der Waals surface area contributed by atoms with Crippen LogP contribution in [0.3, 0.4) is 0 Å². The monoisotopic (exact) mass is 448 g/mol. The van der Waals surface area contributed by atoms with Crippen molar-refractivity contribution in [3.05, 3.63) is 75.1 Å². The molecular formula is C26H35AlGe. The Morgan fingerprint density at radius 2 is 1.25 bits per heavy atom. The first-order chi connectivity index (χ1) is 12.9. The average Bonchev–Trinajstić information content (AvgIpc) is 2.59. The van der Waals surface area contributed by atoms with Gasteiger partial charge in [0.25, 0.3) is 0 Å². The fraction of sp³-hybridized carbons (Fsp3) is 0.385. The predicted octanol–water partition coefficient (Wildman–Crippen LogP) is 7.54. The first kappa shape index (κ1) is 23.1. The van der Waals surface area contributed by atoms with Crippen LogP contribution in [0.1, 0.15) is 52.7 Å². The zero-order valence-corrected chi connectivity index (χ0v) is 22.2. The van der Waals surface area contributed by atoms with Crippen LogP contribution in [-0.2, 0) is 0 Å². The van der Waals surface area contributed by atoms with Crippen molar-refractivity contribution in [1.29, 1.82) is 0 Å². The van der Waals surface area contributed by atoms with Gasteiger partial charge >= 0.3 is 181 Å². The van der Waals surface area contributed by atoms with Gasteiger partial charge < -0.3 is 0 Å². The van der Waals surface area contributed by atoms with E-state index >= 15 is 0 Å². The molecule has 0 unspecified atom stereocenters. The molecule has 28 heavy (non-hydrogen) atoms. The van der Waals surface area contributed by atoms with E-state index in [4.69, 9.17) is 0 Å². The summed E-state index contributed by atoms with van der Waals surface area (Å²) in [7, 11) is 0. The third kappa shape index (κ3) is 6.42. The van der Waals surface area contributed by atoms with Crippen LogP contribution in [-0.4, -0.2) is 27.4 Å². The van der Waals surface area contributed by atoms with Gasteiger partial charge in [0, 0.05) is 0 Å². The van der Waals surface area contributed by atoms with Crippen molar-refractivity contribution in [2.75, 3.05) is 0 Å². The summed E-state index contributed by atoms with van der Waals surface area (Å²) in [6, 6.07) is 21.3. The summed E-state index contributed by atoms with van der Waals surface area (Å²) in [6.45, 7) is 14.6. The van der Waals surface area contributed by atoms with E-state index in [2.05, 4.69) is 130 Å². The fourth-order valence-corrected chi connectivity index (χ4v) is 22.7. The Morgan fingerprint density at radius 1 is 0.786 bits per heavy atom. The number of hydrogen-bond acceptors (Lipinski definition) is 0. The first-order valence-electron chi connectivity index (χ1n) is 10.3. The molecule has 0 aliphatic rings. The van der Waals surface area contributed by atoms with Gasteiger partial charge in [0.1, 0.15) is 0 Å². The van der Waals surface area contributed by atoms with Crippen molar-refractivity contribution in [2.45, 2.75) is 61.6 Å². The van der Waals surface area contributed by atoms with Gasteiger partial charge in [-0.2, -0.15) is 0 Å². The Labute approximate surface area is 180 Å². The standard InChI is InChI=1S/C18H17Ge.2C4H9.Al/c1-19(2,15-13-17-9-5-3-6-10-17)16-14-18-11-7-4-8-12-18;2*1-4(2)3;/h3-13H,1-2H3;2*1-3H3;. The van der Waals surface area contributed by atoms with E-state index < -0.39 is 27.4 Å². The summed E-state index contributed by atoms with van der Waals surface area (Å²) >= 11 is -3.83. The van der Waals surface area contributed by atoms with Gasteiger partial charge in [-0.05, 0) is 0 Å². The normalized spacial score (nSPS) is 12.9. The minimum atomic E-state index is -2.53. The molecular weight excluding hydrogens is 412 g/mol. The molecule has 0 aliphatic carbocycles. The molecule has 0 N–H and O–H groups in total. The maximum absolute atomic E-state index is 3.82. The summed E-state index contributed by atoms with van der Waals surface area (Å²) in [4.78, 5) is 0. The second kappa shape index (κ2) is 9.09. The zero-order chi connectivity index (χ0) is 21.0. The molecule has 2 aromatic rings. The summed E-state index contributed by atoms with van der Waals surface area (Å²) in [5.74, 6) is 8.50. The predicted molar refractivity (Wildman–Crippen MR) is 130 cm³/mol. The van der Waals surface area contributed by atoms with E-state index in [1.807, 2.05) is 0 Å². The van der Waals surface area contributed by atoms with E-state index in [0.717, 1.165) is 5.56 Å². The first-order valence-corrected chi connectivity index (χ1v) is 18.3. The van der Waals surface area contributed by atoms with Gasteiger partial charge in [-0.25, -0.2) is 0 Å². The van der Waals surface area contributed by atoms with E-state index in [0.29, 0.717) is 8.55 Å². The van der Waals surface area contributed by atoms with Crippen LogP contribution in [0.15, 0.2) is 63.9 Å². The molecule has 2 aromatic carbocycles. The number of benzene rings is 2. The van der Waals surface area contributed by atoms with Gasteiger partial charge in [-0.3, -0.25) is 0 Å². The fourth-order valence-electron chi connectivity index (χ4n) is 4.41. The van der Waals surface area contributed by atoms with Crippen LogP contribution >= 0.6 is 0 Å². The number of hydrogen-bond donors (Lipinski definition) is 0. The molecule has 0 amide bonds. The SMILES string of the molecule is C[C](C)(C)[Al](/[C](=C\c1ccccc1)[Ge]([CH3])([CH3])[C]#Cc1ccccc1)[C](C)(C)C. The van der Waals surface area contributed by atoms with Crippen LogP contribution in [0, 0.1) is 10.7 Å². The van der Waals surface area contributed by atoms with Gasteiger partial charge in [0.2, 0.25) is 0 Å². The summed E-state index contributed by atoms with van der Waals surface area (Å²) < 4.78 is 6.19. The molecule has 0 fully saturated rings. The average molecular weight is 447 g/mol. The van der Waals surface area contributed by atoms with Crippen molar-refractivity contribution < 1.29 is 0 Å². The quantitative estimate of drug-likeness (QED) is 0.337. The molecule has 2 rings (SSSR count). The molecule has 0 nitrogen and oxygen atoms in total. The van der Waals surface area contributed by atoms with E-state index in [1.54, 1.807) is 3.27 Å². The number of rotatable bonds is 3.